The molecule has 114 valence electrons. The molecule has 0 amide bonds. The van der Waals surface area contributed by atoms with E-state index in [1.807, 2.05) is 6.92 Å². The Morgan fingerprint density at radius 3 is 2.40 bits per heavy atom. The van der Waals surface area contributed by atoms with Gasteiger partial charge in [-0.25, -0.2) is 12.7 Å². The fraction of sp³-hybridized carbons (Fsp3) is 0.538. The van der Waals surface area contributed by atoms with Gasteiger partial charge in [-0.05, 0) is 24.6 Å². The molecule has 0 saturated carbocycles. The molecule has 0 aliphatic heterocycles. The molecule has 1 aromatic carbocycles. The standard InChI is InChI=1S/C13H22N2O4S/c1-5-19-12-8-10(6-7-11(12)18-4)13(9-14)20(16,17)15(2)3/h6-8,13H,5,9,14H2,1-4H3. The highest BCUT2D eigenvalue weighted by molar-refractivity contribution is 7.89. The molecule has 6 nitrogen and oxygen atoms in total. The average molecular weight is 302 g/mol. The third kappa shape index (κ3) is 3.41. The van der Waals surface area contributed by atoms with E-state index in [0.29, 0.717) is 23.7 Å². The van der Waals surface area contributed by atoms with Crippen molar-refractivity contribution in [3.63, 3.8) is 0 Å². The molecule has 20 heavy (non-hydrogen) atoms. The van der Waals surface area contributed by atoms with Gasteiger partial charge in [-0.15, -0.1) is 0 Å². The number of ether oxygens (including phenoxy) is 2. The molecule has 1 atom stereocenters. The van der Waals surface area contributed by atoms with Crippen LogP contribution < -0.4 is 15.2 Å². The lowest BCUT2D eigenvalue weighted by Crippen LogP contribution is -2.32. The minimum atomic E-state index is -3.48. The van der Waals surface area contributed by atoms with E-state index >= 15 is 0 Å². The van der Waals surface area contributed by atoms with Crippen LogP contribution in [-0.2, 0) is 10.0 Å². The SMILES string of the molecule is CCOc1cc(C(CN)S(=O)(=O)N(C)C)ccc1OC. The largest absolute Gasteiger partial charge is 0.493 e. The second-order valence-electron chi connectivity index (χ2n) is 4.39. The topological polar surface area (TPSA) is 81.9 Å². The summed E-state index contributed by atoms with van der Waals surface area (Å²) in [6.45, 7) is 2.31. The summed E-state index contributed by atoms with van der Waals surface area (Å²) in [6, 6.07) is 5.05. The Bertz CT molecular complexity index is 543. The summed E-state index contributed by atoms with van der Waals surface area (Å²) in [4.78, 5) is 0. The van der Waals surface area contributed by atoms with Crippen molar-refractivity contribution in [2.24, 2.45) is 5.73 Å². The molecular formula is C13H22N2O4S. The molecule has 1 unspecified atom stereocenters. The van der Waals surface area contributed by atoms with Gasteiger partial charge in [0.25, 0.3) is 0 Å². The van der Waals surface area contributed by atoms with Gasteiger partial charge in [0.1, 0.15) is 5.25 Å². The first-order valence-corrected chi connectivity index (χ1v) is 7.80. The van der Waals surface area contributed by atoms with E-state index in [4.69, 9.17) is 15.2 Å². The zero-order valence-electron chi connectivity index (χ0n) is 12.3. The van der Waals surface area contributed by atoms with E-state index in [9.17, 15) is 8.42 Å². The van der Waals surface area contributed by atoms with Crippen LogP contribution in [0, 0.1) is 0 Å². The first-order valence-electron chi connectivity index (χ1n) is 6.30. The van der Waals surface area contributed by atoms with Crippen molar-refractivity contribution in [1.29, 1.82) is 0 Å². The van der Waals surface area contributed by atoms with Crippen molar-refractivity contribution in [2.75, 3.05) is 34.4 Å². The Morgan fingerprint density at radius 2 is 1.95 bits per heavy atom. The molecule has 0 bridgehead atoms. The second-order valence-corrected chi connectivity index (χ2v) is 6.72. The number of hydrogen-bond acceptors (Lipinski definition) is 5. The first-order chi connectivity index (χ1) is 9.38. The Morgan fingerprint density at radius 1 is 1.30 bits per heavy atom. The molecule has 1 aromatic rings. The van der Waals surface area contributed by atoms with E-state index in [0.717, 1.165) is 0 Å². The van der Waals surface area contributed by atoms with Crippen LogP contribution in [0.2, 0.25) is 0 Å². The summed E-state index contributed by atoms with van der Waals surface area (Å²) in [5, 5.41) is -0.803. The van der Waals surface area contributed by atoms with Crippen LogP contribution in [0.3, 0.4) is 0 Å². The highest BCUT2D eigenvalue weighted by atomic mass is 32.2. The Balaban J connectivity index is 3.27. The van der Waals surface area contributed by atoms with Crippen molar-refractivity contribution < 1.29 is 17.9 Å². The van der Waals surface area contributed by atoms with Crippen molar-refractivity contribution in [3.8, 4) is 11.5 Å². The summed E-state index contributed by atoms with van der Waals surface area (Å²) < 4.78 is 36.3. The number of nitrogens with two attached hydrogens (primary N) is 1. The van der Waals surface area contributed by atoms with Gasteiger partial charge in [-0.1, -0.05) is 6.07 Å². The molecule has 1 rings (SSSR count). The molecule has 0 aliphatic carbocycles. The minimum absolute atomic E-state index is 0.00158. The van der Waals surface area contributed by atoms with Crippen LogP contribution in [0.15, 0.2) is 18.2 Å². The number of rotatable bonds is 7. The lowest BCUT2D eigenvalue weighted by Gasteiger charge is -2.21. The zero-order chi connectivity index (χ0) is 15.3. The summed E-state index contributed by atoms with van der Waals surface area (Å²) >= 11 is 0. The molecule has 0 radical (unpaired) electrons. The van der Waals surface area contributed by atoms with Crippen LogP contribution in [0.4, 0.5) is 0 Å². The van der Waals surface area contributed by atoms with Crippen LogP contribution in [0.25, 0.3) is 0 Å². The number of hydrogen-bond donors (Lipinski definition) is 1. The monoisotopic (exact) mass is 302 g/mol. The molecule has 0 aromatic heterocycles. The molecule has 7 heteroatoms. The molecule has 0 spiro atoms. The predicted octanol–water partition coefficient (Wildman–Crippen LogP) is 0.985. The summed E-state index contributed by atoms with van der Waals surface area (Å²) in [7, 11) is 1.04. The fourth-order valence-electron chi connectivity index (χ4n) is 1.85. The first kappa shape index (κ1) is 16.7. The molecule has 2 N–H and O–H groups in total. The molecular weight excluding hydrogens is 280 g/mol. The van der Waals surface area contributed by atoms with E-state index in [1.54, 1.807) is 18.2 Å². The van der Waals surface area contributed by atoms with Gasteiger partial charge in [0.05, 0.1) is 13.7 Å². The normalized spacial score (nSPS) is 13.3. The van der Waals surface area contributed by atoms with E-state index < -0.39 is 15.3 Å². The van der Waals surface area contributed by atoms with Gasteiger partial charge in [0.2, 0.25) is 10.0 Å². The second kappa shape index (κ2) is 6.92. The fourth-order valence-corrected chi connectivity index (χ4v) is 3.09. The highest BCUT2D eigenvalue weighted by Crippen LogP contribution is 2.33. The summed E-state index contributed by atoms with van der Waals surface area (Å²) in [5.41, 5.74) is 6.23. The number of benzene rings is 1. The van der Waals surface area contributed by atoms with Crippen LogP contribution >= 0.6 is 0 Å². The maximum absolute atomic E-state index is 12.3. The van der Waals surface area contributed by atoms with Crippen LogP contribution in [0.5, 0.6) is 11.5 Å². The predicted molar refractivity (Wildman–Crippen MR) is 78.6 cm³/mol. The maximum Gasteiger partial charge on any atom is 0.221 e. The Labute approximate surface area is 120 Å². The number of sulfonamides is 1. The quantitative estimate of drug-likeness (QED) is 0.812. The smallest absolute Gasteiger partial charge is 0.221 e. The summed E-state index contributed by atoms with van der Waals surface area (Å²) in [5.74, 6) is 1.08. The number of methoxy groups -OCH3 is 1. The van der Waals surface area contributed by atoms with Gasteiger partial charge in [-0.2, -0.15) is 0 Å². The van der Waals surface area contributed by atoms with Gasteiger partial charge < -0.3 is 15.2 Å². The van der Waals surface area contributed by atoms with Crippen molar-refractivity contribution >= 4 is 10.0 Å². The van der Waals surface area contributed by atoms with Gasteiger partial charge in [-0.3, -0.25) is 0 Å². The molecule has 0 heterocycles. The average Bonchev–Trinajstić information content (AvgIpc) is 2.40. The van der Waals surface area contributed by atoms with E-state index in [-0.39, 0.29) is 6.54 Å². The van der Waals surface area contributed by atoms with Crippen molar-refractivity contribution in [3.05, 3.63) is 23.8 Å². The van der Waals surface area contributed by atoms with E-state index in [2.05, 4.69) is 0 Å². The molecule has 0 aliphatic rings. The Hall–Kier alpha value is -1.31. The third-order valence-corrected chi connectivity index (χ3v) is 5.14. The van der Waals surface area contributed by atoms with Gasteiger partial charge in [0, 0.05) is 20.6 Å². The maximum atomic E-state index is 12.3. The third-order valence-electron chi connectivity index (χ3n) is 2.94. The summed E-state index contributed by atoms with van der Waals surface area (Å²) in [6.07, 6.45) is 0. The van der Waals surface area contributed by atoms with Crippen LogP contribution in [0.1, 0.15) is 17.7 Å². The Kier molecular flexibility index (Phi) is 5.79. The van der Waals surface area contributed by atoms with Crippen molar-refractivity contribution in [2.45, 2.75) is 12.2 Å². The van der Waals surface area contributed by atoms with Crippen molar-refractivity contribution in [1.82, 2.24) is 4.31 Å². The zero-order valence-corrected chi connectivity index (χ0v) is 13.1. The molecule has 0 saturated heterocycles. The van der Waals surface area contributed by atoms with Gasteiger partial charge in [0.15, 0.2) is 11.5 Å². The highest BCUT2D eigenvalue weighted by Gasteiger charge is 2.28. The van der Waals surface area contributed by atoms with Gasteiger partial charge >= 0.3 is 0 Å². The lowest BCUT2D eigenvalue weighted by molar-refractivity contribution is 0.310. The number of nitrogens with zero attached hydrogens (tertiary/aromatic N) is 1. The minimum Gasteiger partial charge on any atom is -0.493 e. The lowest BCUT2D eigenvalue weighted by atomic mass is 10.1. The van der Waals surface area contributed by atoms with Crippen LogP contribution in [-0.4, -0.2) is 47.1 Å². The molecule has 0 fully saturated rings. The van der Waals surface area contributed by atoms with E-state index in [1.165, 1.54) is 25.5 Å².